The summed E-state index contributed by atoms with van der Waals surface area (Å²) in [5.74, 6) is -1.54. The highest BCUT2D eigenvalue weighted by atomic mass is 32.2. The molecule has 0 unspecified atom stereocenters. The van der Waals surface area contributed by atoms with Gasteiger partial charge < -0.3 is 9.64 Å². The Morgan fingerprint density at radius 3 is 2.50 bits per heavy atom. The number of halogens is 4. The van der Waals surface area contributed by atoms with E-state index >= 15 is 0 Å². The summed E-state index contributed by atoms with van der Waals surface area (Å²) in [5.41, 5.74) is -1.61. The summed E-state index contributed by atoms with van der Waals surface area (Å²) in [6.07, 6.45) is -3.02. The van der Waals surface area contributed by atoms with E-state index in [-0.39, 0.29) is 47.5 Å². The zero-order valence-electron chi connectivity index (χ0n) is 18.0. The first kappa shape index (κ1) is 23.0. The molecule has 1 aromatic heterocycles. The lowest BCUT2D eigenvalue weighted by atomic mass is 9.61. The molecule has 3 heterocycles. The molecule has 1 atom stereocenters. The van der Waals surface area contributed by atoms with Crippen molar-refractivity contribution in [3.05, 3.63) is 53.5 Å². The number of rotatable bonds is 3. The van der Waals surface area contributed by atoms with Gasteiger partial charge in [0.25, 0.3) is 5.91 Å². The van der Waals surface area contributed by atoms with E-state index in [0.717, 1.165) is 12.1 Å². The lowest BCUT2D eigenvalue weighted by molar-refractivity contribution is -0.137. The zero-order valence-corrected chi connectivity index (χ0v) is 18.9. The molecule has 1 spiro atoms. The second kappa shape index (κ2) is 7.64. The summed E-state index contributed by atoms with van der Waals surface area (Å²) in [6.45, 7) is 2.22. The number of alkyl halides is 3. The minimum Gasteiger partial charge on any atom is -0.475 e. The molecule has 34 heavy (non-hydrogen) atoms. The van der Waals surface area contributed by atoms with Gasteiger partial charge in [0, 0.05) is 30.7 Å². The van der Waals surface area contributed by atoms with Gasteiger partial charge in [-0.1, -0.05) is 12.1 Å². The quantitative estimate of drug-likeness (QED) is 0.606. The van der Waals surface area contributed by atoms with Gasteiger partial charge in [0.05, 0.1) is 11.6 Å². The predicted octanol–water partition coefficient (Wildman–Crippen LogP) is 3.32. The van der Waals surface area contributed by atoms with Crippen LogP contribution in [0.1, 0.15) is 35.7 Å². The summed E-state index contributed by atoms with van der Waals surface area (Å²) >= 11 is 0. The van der Waals surface area contributed by atoms with E-state index in [1.807, 2.05) is 0 Å². The number of fused-ring (bicyclic) bond motifs is 1. The molecule has 5 rings (SSSR count). The van der Waals surface area contributed by atoms with Crippen LogP contribution in [0.4, 0.5) is 17.6 Å². The summed E-state index contributed by atoms with van der Waals surface area (Å²) in [7, 11) is -3.97. The molecule has 1 aromatic carbocycles. The van der Waals surface area contributed by atoms with Crippen molar-refractivity contribution in [1.82, 2.24) is 14.2 Å². The Hall–Kier alpha value is -2.73. The molecule has 3 aliphatic rings. The monoisotopic (exact) mass is 499 g/mol. The Bertz CT molecular complexity index is 1250. The second-order valence-corrected chi connectivity index (χ2v) is 11.1. The Morgan fingerprint density at radius 2 is 1.85 bits per heavy atom. The number of hydrogen-bond donors (Lipinski definition) is 0. The third-order valence-electron chi connectivity index (χ3n) is 6.79. The van der Waals surface area contributed by atoms with Crippen LogP contribution in [-0.4, -0.2) is 60.3 Å². The van der Waals surface area contributed by atoms with Gasteiger partial charge >= 0.3 is 6.18 Å². The van der Waals surface area contributed by atoms with Crippen LogP contribution in [-0.2, 0) is 16.2 Å². The van der Waals surface area contributed by atoms with Gasteiger partial charge in [-0.3, -0.25) is 4.79 Å². The van der Waals surface area contributed by atoms with E-state index in [1.54, 1.807) is 6.92 Å². The Balaban J connectivity index is 1.31. The molecule has 0 N–H and O–H groups in total. The third-order valence-corrected chi connectivity index (χ3v) is 8.61. The highest BCUT2D eigenvalue weighted by molar-refractivity contribution is 7.89. The van der Waals surface area contributed by atoms with Crippen LogP contribution >= 0.6 is 0 Å². The molecular formula is C22H21F4N3O4S. The molecule has 12 heteroatoms. The molecule has 0 bridgehead atoms. The summed E-state index contributed by atoms with van der Waals surface area (Å²) in [5, 5.41) is 0. The molecule has 1 saturated carbocycles. The summed E-state index contributed by atoms with van der Waals surface area (Å²) < 4.78 is 85.7. The first-order valence-electron chi connectivity index (χ1n) is 10.7. The molecule has 2 fully saturated rings. The molecule has 7 nitrogen and oxygen atoms in total. The van der Waals surface area contributed by atoms with Gasteiger partial charge in [0.15, 0.2) is 0 Å². The number of sulfonamides is 1. The van der Waals surface area contributed by atoms with Gasteiger partial charge in [0.2, 0.25) is 15.9 Å². The molecule has 1 amide bonds. The second-order valence-electron chi connectivity index (χ2n) is 9.21. The van der Waals surface area contributed by atoms with E-state index in [0.29, 0.717) is 19.0 Å². The maximum atomic E-state index is 14.0. The number of nitrogens with zero attached hydrogens (tertiary/aromatic N) is 3. The molecule has 0 radical (unpaired) electrons. The molecular weight excluding hydrogens is 478 g/mol. The van der Waals surface area contributed by atoms with Crippen LogP contribution in [0.2, 0.25) is 0 Å². The number of amides is 1. The fourth-order valence-electron chi connectivity index (χ4n) is 5.08. The maximum Gasteiger partial charge on any atom is 0.417 e. The minimum absolute atomic E-state index is 0.0778. The number of carbonyl (C=O) groups excluding carboxylic acids is 1. The van der Waals surface area contributed by atoms with Gasteiger partial charge in [-0.2, -0.15) is 17.5 Å². The first-order valence-corrected chi connectivity index (χ1v) is 12.1. The van der Waals surface area contributed by atoms with Crippen LogP contribution in [0.25, 0.3) is 0 Å². The van der Waals surface area contributed by atoms with Crippen molar-refractivity contribution >= 4 is 15.9 Å². The van der Waals surface area contributed by atoms with Gasteiger partial charge in [-0.05, 0) is 38.0 Å². The minimum atomic E-state index is -4.65. The zero-order chi connectivity index (χ0) is 24.5. The summed E-state index contributed by atoms with van der Waals surface area (Å²) in [4.78, 5) is 18.1. The topological polar surface area (TPSA) is 79.8 Å². The van der Waals surface area contributed by atoms with Gasteiger partial charge in [-0.25, -0.2) is 17.8 Å². The number of aromatic nitrogens is 1. The van der Waals surface area contributed by atoms with Crippen LogP contribution < -0.4 is 4.74 Å². The van der Waals surface area contributed by atoms with Crippen LogP contribution in [0.15, 0.2) is 41.4 Å². The van der Waals surface area contributed by atoms with Crippen LogP contribution in [0.5, 0.6) is 5.88 Å². The summed E-state index contributed by atoms with van der Waals surface area (Å²) in [6, 6.07) is 5.26. The number of ether oxygens (including phenoxy) is 1. The van der Waals surface area contributed by atoms with E-state index in [2.05, 4.69) is 4.98 Å². The number of hydrogen-bond acceptors (Lipinski definition) is 5. The largest absolute Gasteiger partial charge is 0.475 e. The maximum absolute atomic E-state index is 14.0. The van der Waals surface area contributed by atoms with E-state index < -0.39 is 39.5 Å². The number of carbonyl (C=O) groups is 1. The number of pyridine rings is 1. The fraction of sp³-hybridized carbons (Fsp3) is 0.455. The van der Waals surface area contributed by atoms with Crippen molar-refractivity contribution < 1.29 is 35.5 Å². The molecule has 2 aliphatic heterocycles. The normalized spacial score (nSPS) is 23.0. The SMILES string of the molecule is C[C@@H]1COc2ncc(C(F)(F)F)cc2C(=O)N1C1CC2(C1)CN(S(=O)(=O)c1ccccc1F)C2. The average molecular weight is 499 g/mol. The van der Waals surface area contributed by atoms with Crippen LogP contribution in [0.3, 0.4) is 0 Å². The van der Waals surface area contributed by atoms with Crippen molar-refractivity contribution in [2.24, 2.45) is 5.41 Å². The average Bonchev–Trinajstić information content (AvgIpc) is 2.82. The molecule has 182 valence electrons. The van der Waals surface area contributed by atoms with E-state index in [4.69, 9.17) is 4.74 Å². The highest BCUT2D eigenvalue weighted by Crippen LogP contribution is 2.52. The van der Waals surface area contributed by atoms with Crippen molar-refractivity contribution in [2.45, 2.75) is 42.9 Å². The Morgan fingerprint density at radius 1 is 1.18 bits per heavy atom. The Labute approximate surface area is 193 Å². The number of benzene rings is 1. The third kappa shape index (κ3) is 3.63. The first-order chi connectivity index (χ1) is 15.9. The lowest BCUT2D eigenvalue weighted by Crippen LogP contribution is -2.68. The van der Waals surface area contributed by atoms with E-state index in [1.165, 1.54) is 27.4 Å². The van der Waals surface area contributed by atoms with Crippen molar-refractivity contribution in [1.29, 1.82) is 0 Å². The molecule has 1 saturated heterocycles. The molecule has 2 aromatic rings. The predicted molar refractivity (Wildman–Crippen MR) is 111 cm³/mol. The van der Waals surface area contributed by atoms with Crippen molar-refractivity contribution in [3.63, 3.8) is 0 Å². The van der Waals surface area contributed by atoms with Crippen LogP contribution in [0, 0.1) is 11.2 Å². The standard InChI is InChI=1S/C22H21F4N3O4S/c1-13-10-33-19-16(6-14(9-27-19)22(24,25)26)20(30)29(13)15-7-21(8-15)11-28(12-21)34(31,32)18-5-3-2-4-17(18)23/h2-6,9,13,15H,7-8,10-12H2,1H3/t13-/m1/s1. The van der Waals surface area contributed by atoms with Crippen molar-refractivity contribution in [3.8, 4) is 5.88 Å². The van der Waals surface area contributed by atoms with Crippen molar-refractivity contribution in [2.75, 3.05) is 19.7 Å². The lowest BCUT2D eigenvalue weighted by Gasteiger charge is -2.60. The van der Waals surface area contributed by atoms with E-state index in [9.17, 15) is 30.8 Å². The molecule has 1 aliphatic carbocycles. The van der Waals surface area contributed by atoms with Gasteiger partial charge in [-0.15, -0.1) is 0 Å². The highest BCUT2D eigenvalue weighted by Gasteiger charge is 2.58. The fourth-order valence-corrected chi connectivity index (χ4v) is 6.81. The smallest absolute Gasteiger partial charge is 0.417 e. The van der Waals surface area contributed by atoms with Gasteiger partial charge in [0.1, 0.15) is 22.9 Å². The Kier molecular flexibility index (Phi) is 5.17.